The van der Waals surface area contributed by atoms with Crippen molar-refractivity contribution in [1.82, 2.24) is 0 Å². The molecule has 0 saturated carbocycles. The molecule has 4 rings (SSSR count). The molecule has 0 atom stereocenters. The lowest BCUT2D eigenvalue weighted by Gasteiger charge is -2.14. The SMILES string of the molecule is O=C1Nc2ccccc2C1=C(Nc1ccccc1)c1ccccc1. The molecular formula is C21H16N2O. The van der Waals surface area contributed by atoms with E-state index in [0.29, 0.717) is 5.57 Å². The number of benzene rings is 3. The Bertz CT molecular complexity index is 915. The Morgan fingerprint density at radius 1 is 0.750 bits per heavy atom. The van der Waals surface area contributed by atoms with Gasteiger partial charge in [0, 0.05) is 16.9 Å². The summed E-state index contributed by atoms with van der Waals surface area (Å²) in [5.74, 6) is -0.0847. The second-order valence-electron chi connectivity index (χ2n) is 5.61. The van der Waals surface area contributed by atoms with Gasteiger partial charge in [-0.1, -0.05) is 66.7 Å². The van der Waals surface area contributed by atoms with Crippen molar-refractivity contribution < 1.29 is 4.79 Å². The van der Waals surface area contributed by atoms with E-state index in [4.69, 9.17) is 0 Å². The van der Waals surface area contributed by atoms with Crippen LogP contribution in [0.2, 0.25) is 0 Å². The molecule has 0 radical (unpaired) electrons. The first-order valence-corrected chi connectivity index (χ1v) is 7.85. The van der Waals surface area contributed by atoms with Crippen molar-refractivity contribution in [2.45, 2.75) is 0 Å². The zero-order valence-corrected chi connectivity index (χ0v) is 13.0. The lowest BCUT2D eigenvalue weighted by Crippen LogP contribution is -2.10. The Kier molecular flexibility index (Phi) is 3.60. The molecule has 116 valence electrons. The predicted octanol–water partition coefficient (Wildman–Crippen LogP) is 4.62. The standard InChI is InChI=1S/C21H16N2O/c24-21-19(17-13-7-8-14-18(17)23-21)20(15-9-3-1-4-10-15)22-16-11-5-2-6-12-16/h1-14,22H,(H,23,24). The molecular weight excluding hydrogens is 296 g/mol. The summed E-state index contributed by atoms with van der Waals surface area (Å²) in [6.45, 7) is 0. The van der Waals surface area contributed by atoms with E-state index in [0.717, 1.165) is 28.2 Å². The summed E-state index contributed by atoms with van der Waals surface area (Å²) in [5, 5.41) is 6.37. The van der Waals surface area contributed by atoms with Crippen LogP contribution in [0.15, 0.2) is 84.9 Å². The summed E-state index contributed by atoms with van der Waals surface area (Å²) in [4.78, 5) is 12.6. The molecule has 3 heteroatoms. The number of nitrogens with one attached hydrogen (secondary N) is 2. The Balaban J connectivity index is 1.91. The molecule has 24 heavy (non-hydrogen) atoms. The summed E-state index contributed by atoms with van der Waals surface area (Å²) in [6, 6.07) is 27.6. The van der Waals surface area contributed by atoms with Crippen molar-refractivity contribution in [3.63, 3.8) is 0 Å². The second kappa shape index (κ2) is 6.05. The van der Waals surface area contributed by atoms with Crippen molar-refractivity contribution in [1.29, 1.82) is 0 Å². The van der Waals surface area contributed by atoms with Crippen LogP contribution in [0.1, 0.15) is 11.1 Å². The van der Waals surface area contributed by atoms with Crippen LogP contribution in [0.3, 0.4) is 0 Å². The van der Waals surface area contributed by atoms with Gasteiger partial charge < -0.3 is 10.6 Å². The first-order valence-electron chi connectivity index (χ1n) is 7.85. The number of para-hydroxylation sites is 2. The zero-order chi connectivity index (χ0) is 16.4. The summed E-state index contributed by atoms with van der Waals surface area (Å²) in [5.41, 5.74) is 5.17. The molecule has 1 aliphatic rings. The summed E-state index contributed by atoms with van der Waals surface area (Å²) in [7, 11) is 0. The Morgan fingerprint density at radius 3 is 2.12 bits per heavy atom. The summed E-state index contributed by atoms with van der Waals surface area (Å²) >= 11 is 0. The lowest BCUT2D eigenvalue weighted by atomic mass is 10.00. The first-order chi connectivity index (χ1) is 11.8. The molecule has 1 aliphatic heterocycles. The van der Waals surface area contributed by atoms with Crippen molar-refractivity contribution in [2.75, 3.05) is 10.6 Å². The molecule has 3 aromatic rings. The average molecular weight is 312 g/mol. The average Bonchev–Trinajstić information content (AvgIpc) is 2.97. The van der Waals surface area contributed by atoms with Gasteiger partial charge in [-0.05, 0) is 23.8 Å². The normalized spacial score (nSPS) is 14.8. The molecule has 0 aliphatic carbocycles. The summed E-state index contributed by atoms with van der Waals surface area (Å²) < 4.78 is 0. The third-order valence-electron chi connectivity index (χ3n) is 4.03. The maximum absolute atomic E-state index is 12.6. The van der Waals surface area contributed by atoms with E-state index in [1.54, 1.807) is 0 Å². The van der Waals surface area contributed by atoms with Gasteiger partial charge in [0.15, 0.2) is 0 Å². The van der Waals surface area contributed by atoms with Crippen molar-refractivity contribution in [2.24, 2.45) is 0 Å². The maximum Gasteiger partial charge on any atom is 0.258 e. The third-order valence-corrected chi connectivity index (χ3v) is 4.03. The Labute approximate surface area is 140 Å². The van der Waals surface area contributed by atoms with E-state index in [9.17, 15) is 4.79 Å². The molecule has 0 bridgehead atoms. The van der Waals surface area contributed by atoms with Gasteiger partial charge in [0.2, 0.25) is 0 Å². The van der Waals surface area contributed by atoms with Gasteiger partial charge in [-0.15, -0.1) is 0 Å². The van der Waals surface area contributed by atoms with Gasteiger partial charge in [0.25, 0.3) is 5.91 Å². The zero-order valence-electron chi connectivity index (χ0n) is 13.0. The fourth-order valence-corrected chi connectivity index (χ4v) is 2.92. The van der Waals surface area contributed by atoms with Crippen LogP contribution < -0.4 is 10.6 Å². The van der Waals surface area contributed by atoms with Gasteiger partial charge in [-0.3, -0.25) is 4.79 Å². The largest absolute Gasteiger partial charge is 0.354 e. The lowest BCUT2D eigenvalue weighted by molar-refractivity contribution is -0.110. The van der Waals surface area contributed by atoms with E-state index in [2.05, 4.69) is 10.6 Å². The second-order valence-corrected chi connectivity index (χ2v) is 5.61. The Morgan fingerprint density at radius 2 is 1.38 bits per heavy atom. The molecule has 3 aromatic carbocycles. The number of fused-ring (bicyclic) bond motifs is 1. The fraction of sp³-hybridized carbons (Fsp3) is 0. The van der Waals surface area contributed by atoms with Crippen LogP contribution in [0, 0.1) is 0 Å². The minimum Gasteiger partial charge on any atom is -0.354 e. The Hall–Kier alpha value is -3.33. The third kappa shape index (κ3) is 2.57. The number of carbonyl (C=O) groups excluding carboxylic acids is 1. The predicted molar refractivity (Wildman–Crippen MR) is 98.4 cm³/mol. The summed E-state index contributed by atoms with van der Waals surface area (Å²) in [6.07, 6.45) is 0. The minimum absolute atomic E-state index is 0.0847. The number of hydrogen-bond acceptors (Lipinski definition) is 2. The first kappa shape index (κ1) is 14.3. The highest BCUT2D eigenvalue weighted by atomic mass is 16.2. The van der Waals surface area contributed by atoms with Crippen LogP contribution in [0.25, 0.3) is 11.3 Å². The van der Waals surface area contributed by atoms with E-state index < -0.39 is 0 Å². The van der Waals surface area contributed by atoms with Crippen molar-refractivity contribution in [3.8, 4) is 0 Å². The van der Waals surface area contributed by atoms with E-state index >= 15 is 0 Å². The van der Waals surface area contributed by atoms with Crippen LogP contribution >= 0.6 is 0 Å². The van der Waals surface area contributed by atoms with E-state index in [-0.39, 0.29) is 5.91 Å². The fourth-order valence-electron chi connectivity index (χ4n) is 2.92. The van der Waals surface area contributed by atoms with Crippen molar-refractivity contribution >= 4 is 28.6 Å². The van der Waals surface area contributed by atoms with Crippen LogP contribution in [0.5, 0.6) is 0 Å². The van der Waals surface area contributed by atoms with Gasteiger partial charge in [0.1, 0.15) is 0 Å². The van der Waals surface area contributed by atoms with Gasteiger partial charge in [-0.2, -0.15) is 0 Å². The van der Waals surface area contributed by atoms with Crippen LogP contribution in [-0.2, 0) is 4.79 Å². The number of carbonyl (C=O) groups is 1. The number of rotatable bonds is 3. The minimum atomic E-state index is -0.0847. The topological polar surface area (TPSA) is 41.1 Å². The molecule has 3 nitrogen and oxygen atoms in total. The molecule has 0 aromatic heterocycles. The van der Waals surface area contributed by atoms with Crippen LogP contribution in [-0.4, -0.2) is 5.91 Å². The highest BCUT2D eigenvalue weighted by molar-refractivity contribution is 6.37. The van der Waals surface area contributed by atoms with Gasteiger partial charge in [-0.25, -0.2) is 0 Å². The quantitative estimate of drug-likeness (QED) is 0.693. The molecule has 1 heterocycles. The molecule has 0 spiro atoms. The number of hydrogen-bond donors (Lipinski definition) is 2. The van der Waals surface area contributed by atoms with Crippen LogP contribution in [0.4, 0.5) is 11.4 Å². The van der Waals surface area contributed by atoms with E-state index in [1.807, 2.05) is 84.9 Å². The maximum atomic E-state index is 12.6. The highest BCUT2D eigenvalue weighted by Gasteiger charge is 2.27. The monoisotopic (exact) mass is 312 g/mol. The molecule has 0 saturated heterocycles. The van der Waals surface area contributed by atoms with Gasteiger partial charge in [0.05, 0.1) is 11.3 Å². The number of anilines is 2. The van der Waals surface area contributed by atoms with Crippen molar-refractivity contribution in [3.05, 3.63) is 96.1 Å². The smallest absolute Gasteiger partial charge is 0.258 e. The molecule has 1 amide bonds. The highest BCUT2D eigenvalue weighted by Crippen LogP contribution is 2.37. The van der Waals surface area contributed by atoms with Gasteiger partial charge >= 0.3 is 0 Å². The molecule has 2 N–H and O–H groups in total. The number of amides is 1. The molecule has 0 unspecified atom stereocenters. The molecule has 0 fully saturated rings. The van der Waals surface area contributed by atoms with E-state index in [1.165, 1.54) is 0 Å².